The van der Waals surface area contributed by atoms with Gasteiger partial charge in [-0.15, -0.1) is 0 Å². The summed E-state index contributed by atoms with van der Waals surface area (Å²) < 4.78 is 7.03. The molecule has 100 valence electrons. The maximum Gasteiger partial charge on any atom is 0.138 e. The summed E-state index contributed by atoms with van der Waals surface area (Å²) in [5.74, 6) is 1.57. The fraction of sp³-hybridized carbons (Fsp3) is 0.0625. The predicted octanol–water partition coefficient (Wildman–Crippen LogP) is 5.75. The zero-order valence-electron chi connectivity index (χ0n) is 10.7. The average molecular weight is 349 g/mol. The van der Waals surface area contributed by atoms with Crippen LogP contribution in [0.3, 0.4) is 0 Å². The Bertz CT molecular complexity index is 789. The SMILES string of the molecule is Cc1cc(Oc2ccnc3cc(Cl)ccc23)ccc1Br. The van der Waals surface area contributed by atoms with Gasteiger partial charge in [-0.2, -0.15) is 0 Å². The summed E-state index contributed by atoms with van der Waals surface area (Å²) in [6.45, 7) is 2.03. The number of halogens is 2. The van der Waals surface area contributed by atoms with E-state index in [0.29, 0.717) is 5.02 Å². The molecular formula is C16H11BrClNO. The van der Waals surface area contributed by atoms with Crippen LogP contribution in [0.25, 0.3) is 10.9 Å². The van der Waals surface area contributed by atoms with Gasteiger partial charge in [0.05, 0.1) is 5.52 Å². The average Bonchev–Trinajstić information content (AvgIpc) is 2.43. The molecule has 1 aromatic heterocycles. The normalized spacial score (nSPS) is 10.8. The van der Waals surface area contributed by atoms with Crippen molar-refractivity contribution in [1.82, 2.24) is 4.98 Å². The number of fused-ring (bicyclic) bond motifs is 1. The summed E-state index contributed by atoms with van der Waals surface area (Å²) in [4.78, 5) is 4.30. The summed E-state index contributed by atoms with van der Waals surface area (Å²) in [5, 5.41) is 1.61. The second kappa shape index (κ2) is 5.43. The molecule has 1 heterocycles. The summed E-state index contributed by atoms with van der Waals surface area (Å²) in [7, 11) is 0. The molecule has 4 heteroatoms. The number of aryl methyl sites for hydroxylation is 1. The first-order chi connectivity index (χ1) is 9.63. The number of aromatic nitrogens is 1. The molecule has 0 bridgehead atoms. The van der Waals surface area contributed by atoms with Crippen LogP contribution < -0.4 is 4.74 Å². The molecule has 0 aliphatic carbocycles. The van der Waals surface area contributed by atoms with Gasteiger partial charge >= 0.3 is 0 Å². The van der Waals surface area contributed by atoms with E-state index in [-0.39, 0.29) is 0 Å². The first kappa shape index (κ1) is 13.4. The van der Waals surface area contributed by atoms with Crippen LogP contribution >= 0.6 is 27.5 Å². The van der Waals surface area contributed by atoms with Crippen molar-refractivity contribution in [3.05, 3.63) is 63.7 Å². The summed E-state index contributed by atoms with van der Waals surface area (Å²) in [6.07, 6.45) is 1.72. The lowest BCUT2D eigenvalue weighted by Crippen LogP contribution is -1.88. The first-order valence-corrected chi connectivity index (χ1v) is 7.29. The van der Waals surface area contributed by atoms with Crippen LogP contribution in [-0.2, 0) is 0 Å². The van der Waals surface area contributed by atoms with Crippen LogP contribution in [0.5, 0.6) is 11.5 Å². The van der Waals surface area contributed by atoms with Crippen LogP contribution in [0, 0.1) is 6.92 Å². The van der Waals surface area contributed by atoms with Crippen molar-refractivity contribution >= 4 is 38.4 Å². The Labute approximate surface area is 130 Å². The van der Waals surface area contributed by atoms with Crippen molar-refractivity contribution in [3.63, 3.8) is 0 Å². The van der Waals surface area contributed by atoms with Gasteiger partial charge in [-0.1, -0.05) is 27.5 Å². The van der Waals surface area contributed by atoms with E-state index in [2.05, 4.69) is 20.9 Å². The largest absolute Gasteiger partial charge is 0.457 e. The highest BCUT2D eigenvalue weighted by Crippen LogP contribution is 2.31. The Morgan fingerprint density at radius 1 is 1.10 bits per heavy atom. The third kappa shape index (κ3) is 2.65. The molecule has 3 aromatic rings. The van der Waals surface area contributed by atoms with Gasteiger partial charge in [0.2, 0.25) is 0 Å². The molecule has 0 unspecified atom stereocenters. The fourth-order valence-corrected chi connectivity index (χ4v) is 2.40. The lowest BCUT2D eigenvalue weighted by molar-refractivity contribution is 0.487. The number of pyridine rings is 1. The smallest absolute Gasteiger partial charge is 0.138 e. The highest BCUT2D eigenvalue weighted by molar-refractivity contribution is 9.10. The van der Waals surface area contributed by atoms with Gasteiger partial charge < -0.3 is 4.74 Å². The minimum atomic E-state index is 0.668. The van der Waals surface area contributed by atoms with E-state index >= 15 is 0 Å². The van der Waals surface area contributed by atoms with Gasteiger partial charge in [-0.3, -0.25) is 4.98 Å². The standard InChI is InChI=1S/C16H11BrClNO/c1-10-8-12(3-5-14(10)17)20-16-6-7-19-15-9-11(18)2-4-13(15)16/h2-9H,1H3. The molecule has 0 aliphatic rings. The molecule has 2 nitrogen and oxygen atoms in total. The van der Waals surface area contributed by atoms with Crippen molar-refractivity contribution in [2.75, 3.05) is 0 Å². The Kier molecular flexibility index (Phi) is 3.64. The third-order valence-electron chi connectivity index (χ3n) is 3.02. The predicted molar refractivity (Wildman–Crippen MR) is 85.7 cm³/mol. The molecule has 0 fully saturated rings. The lowest BCUT2D eigenvalue weighted by atomic mass is 10.2. The zero-order chi connectivity index (χ0) is 14.1. The second-order valence-electron chi connectivity index (χ2n) is 4.48. The van der Waals surface area contributed by atoms with E-state index in [4.69, 9.17) is 16.3 Å². The van der Waals surface area contributed by atoms with Crippen molar-refractivity contribution in [2.45, 2.75) is 6.92 Å². The monoisotopic (exact) mass is 347 g/mol. The molecule has 0 aliphatic heterocycles. The minimum Gasteiger partial charge on any atom is -0.457 e. The van der Waals surface area contributed by atoms with E-state index in [9.17, 15) is 0 Å². The Morgan fingerprint density at radius 3 is 2.75 bits per heavy atom. The minimum absolute atomic E-state index is 0.668. The molecule has 2 aromatic carbocycles. The Hall–Kier alpha value is -1.58. The molecule has 0 N–H and O–H groups in total. The molecule has 0 saturated carbocycles. The molecule has 20 heavy (non-hydrogen) atoms. The van der Waals surface area contributed by atoms with Crippen LogP contribution in [-0.4, -0.2) is 4.98 Å². The van der Waals surface area contributed by atoms with Gasteiger partial charge in [-0.05, 0) is 55.0 Å². The fourth-order valence-electron chi connectivity index (χ4n) is 1.99. The Morgan fingerprint density at radius 2 is 1.95 bits per heavy atom. The van der Waals surface area contributed by atoms with Crippen LogP contribution in [0.2, 0.25) is 5.02 Å². The molecule has 0 spiro atoms. The van der Waals surface area contributed by atoms with Gasteiger partial charge in [0.1, 0.15) is 11.5 Å². The molecule has 0 radical (unpaired) electrons. The van der Waals surface area contributed by atoms with E-state index in [1.807, 2.05) is 49.4 Å². The maximum atomic E-state index is 5.98. The van der Waals surface area contributed by atoms with E-state index in [1.165, 1.54) is 0 Å². The van der Waals surface area contributed by atoms with E-state index < -0.39 is 0 Å². The first-order valence-electron chi connectivity index (χ1n) is 6.12. The van der Waals surface area contributed by atoms with Gasteiger partial charge in [0.25, 0.3) is 0 Å². The highest BCUT2D eigenvalue weighted by atomic mass is 79.9. The second-order valence-corrected chi connectivity index (χ2v) is 5.77. The number of rotatable bonds is 2. The summed E-state index contributed by atoms with van der Waals surface area (Å²) >= 11 is 9.47. The Balaban J connectivity index is 2.04. The van der Waals surface area contributed by atoms with Crippen LogP contribution in [0.15, 0.2) is 53.1 Å². The van der Waals surface area contributed by atoms with Crippen molar-refractivity contribution < 1.29 is 4.74 Å². The van der Waals surface area contributed by atoms with Gasteiger partial charge in [0, 0.05) is 21.1 Å². The number of hydrogen-bond acceptors (Lipinski definition) is 2. The topological polar surface area (TPSA) is 22.1 Å². The number of benzene rings is 2. The highest BCUT2D eigenvalue weighted by Gasteiger charge is 2.06. The van der Waals surface area contributed by atoms with Gasteiger partial charge in [0.15, 0.2) is 0 Å². The quantitative estimate of drug-likeness (QED) is 0.588. The zero-order valence-corrected chi connectivity index (χ0v) is 13.1. The number of nitrogens with zero attached hydrogens (tertiary/aromatic N) is 1. The van der Waals surface area contributed by atoms with E-state index in [0.717, 1.165) is 32.4 Å². The van der Waals surface area contributed by atoms with Gasteiger partial charge in [-0.25, -0.2) is 0 Å². The van der Waals surface area contributed by atoms with Crippen molar-refractivity contribution in [2.24, 2.45) is 0 Å². The molecule has 0 amide bonds. The van der Waals surface area contributed by atoms with Crippen LogP contribution in [0.4, 0.5) is 0 Å². The molecule has 0 atom stereocenters. The lowest BCUT2D eigenvalue weighted by Gasteiger charge is -2.10. The van der Waals surface area contributed by atoms with Crippen molar-refractivity contribution in [3.8, 4) is 11.5 Å². The summed E-state index contributed by atoms with van der Waals surface area (Å²) in [5.41, 5.74) is 1.95. The van der Waals surface area contributed by atoms with E-state index in [1.54, 1.807) is 6.20 Å². The van der Waals surface area contributed by atoms with Crippen molar-refractivity contribution in [1.29, 1.82) is 0 Å². The number of hydrogen-bond donors (Lipinski definition) is 0. The number of ether oxygens (including phenoxy) is 1. The third-order valence-corrected chi connectivity index (χ3v) is 4.15. The maximum absolute atomic E-state index is 5.98. The molecule has 0 saturated heterocycles. The molecular weight excluding hydrogens is 338 g/mol. The summed E-state index contributed by atoms with van der Waals surface area (Å²) in [6, 6.07) is 13.3. The molecule has 3 rings (SSSR count). The van der Waals surface area contributed by atoms with Crippen LogP contribution in [0.1, 0.15) is 5.56 Å².